The van der Waals surface area contributed by atoms with E-state index in [9.17, 15) is 17.6 Å². The topological polar surface area (TPSA) is 103 Å². The summed E-state index contributed by atoms with van der Waals surface area (Å²) in [4.78, 5) is 18.3. The van der Waals surface area contributed by atoms with Gasteiger partial charge in [-0.2, -0.15) is 0 Å². The van der Waals surface area contributed by atoms with E-state index in [0.29, 0.717) is 36.8 Å². The number of carbonyl (C=O) groups is 1. The Bertz CT molecular complexity index is 1260. The SMILES string of the molecule is Cc1onc(-c2ccc(F)cc2)c1COc1ccc2c(n1)CCN(C(=O)CS(C)(=O)=O)C2. The molecule has 0 unspecified atom stereocenters. The molecule has 0 spiro atoms. The maximum absolute atomic E-state index is 13.2. The third kappa shape index (κ3) is 4.96. The first-order valence-corrected chi connectivity index (χ1v) is 12.0. The third-order valence-electron chi connectivity index (χ3n) is 5.23. The molecule has 3 aromatic rings. The van der Waals surface area contributed by atoms with Gasteiger partial charge in [0.2, 0.25) is 11.8 Å². The fourth-order valence-corrected chi connectivity index (χ4v) is 4.18. The van der Waals surface area contributed by atoms with E-state index in [4.69, 9.17) is 9.26 Å². The second-order valence-electron chi connectivity index (χ2n) is 7.75. The number of pyridine rings is 1. The molecular weight excluding hydrogens is 437 g/mol. The van der Waals surface area contributed by atoms with Crippen LogP contribution in [0, 0.1) is 12.7 Å². The van der Waals surface area contributed by atoms with Crippen molar-refractivity contribution in [1.29, 1.82) is 0 Å². The summed E-state index contributed by atoms with van der Waals surface area (Å²) in [6.07, 6.45) is 1.56. The molecular formula is C22H22FN3O5S. The number of nitrogens with zero attached hydrogens (tertiary/aromatic N) is 3. The van der Waals surface area contributed by atoms with Gasteiger partial charge < -0.3 is 14.2 Å². The smallest absolute Gasteiger partial charge is 0.238 e. The van der Waals surface area contributed by atoms with Gasteiger partial charge in [-0.15, -0.1) is 0 Å². The molecule has 1 aliphatic rings. The minimum Gasteiger partial charge on any atom is -0.473 e. The second-order valence-corrected chi connectivity index (χ2v) is 9.89. The Morgan fingerprint density at radius 2 is 1.97 bits per heavy atom. The van der Waals surface area contributed by atoms with E-state index < -0.39 is 21.5 Å². The van der Waals surface area contributed by atoms with Crippen molar-refractivity contribution in [2.24, 2.45) is 0 Å². The molecule has 0 radical (unpaired) electrons. The molecule has 1 aliphatic heterocycles. The Labute approximate surface area is 184 Å². The molecule has 0 atom stereocenters. The molecule has 4 rings (SSSR count). The zero-order chi connectivity index (χ0) is 22.9. The van der Waals surface area contributed by atoms with Crippen LogP contribution in [0.15, 0.2) is 40.9 Å². The van der Waals surface area contributed by atoms with Gasteiger partial charge in [0.15, 0.2) is 9.84 Å². The van der Waals surface area contributed by atoms with E-state index in [1.54, 1.807) is 25.1 Å². The highest BCUT2D eigenvalue weighted by Gasteiger charge is 2.24. The van der Waals surface area contributed by atoms with Crippen molar-refractivity contribution in [1.82, 2.24) is 15.0 Å². The summed E-state index contributed by atoms with van der Waals surface area (Å²) in [5.74, 6) is -0.213. The van der Waals surface area contributed by atoms with Crippen LogP contribution in [0.4, 0.5) is 4.39 Å². The molecule has 0 aliphatic carbocycles. The van der Waals surface area contributed by atoms with Gasteiger partial charge in [0.1, 0.15) is 29.6 Å². The van der Waals surface area contributed by atoms with Gasteiger partial charge in [0.25, 0.3) is 0 Å². The van der Waals surface area contributed by atoms with Crippen LogP contribution in [0.2, 0.25) is 0 Å². The molecule has 1 amide bonds. The van der Waals surface area contributed by atoms with Gasteiger partial charge in [-0.05, 0) is 36.8 Å². The van der Waals surface area contributed by atoms with E-state index in [-0.39, 0.29) is 12.4 Å². The largest absolute Gasteiger partial charge is 0.473 e. The zero-order valence-corrected chi connectivity index (χ0v) is 18.5. The zero-order valence-electron chi connectivity index (χ0n) is 17.7. The lowest BCUT2D eigenvalue weighted by molar-refractivity contribution is -0.129. The number of amides is 1. The lowest BCUT2D eigenvalue weighted by Gasteiger charge is -2.28. The molecule has 10 heteroatoms. The van der Waals surface area contributed by atoms with Crippen molar-refractivity contribution in [3.63, 3.8) is 0 Å². The molecule has 0 saturated carbocycles. The first-order valence-electron chi connectivity index (χ1n) is 9.98. The summed E-state index contributed by atoms with van der Waals surface area (Å²) in [6.45, 7) is 2.67. The van der Waals surface area contributed by atoms with Crippen molar-refractivity contribution in [3.8, 4) is 17.1 Å². The molecule has 0 bridgehead atoms. The monoisotopic (exact) mass is 459 g/mol. The minimum absolute atomic E-state index is 0.173. The highest BCUT2D eigenvalue weighted by molar-refractivity contribution is 7.91. The van der Waals surface area contributed by atoms with E-state index in [1.807, 2.05) is 6.07 Å². The van der Waals surface area contributed by atoms with Crippen LogP contribution in [-0.4, -0.2) is 47.9 Å². The molecule has 1 aromatic carbocycles. The Balaban J connectivity index is 1.45. The molecule has 32 heavy (non-hydrogen) atoms. The predicted octanol–water partition coefficient (Wildman–Crippen LogP) is 2.69. The molecule has 0 N–H and O–H groups in total. The number of hydrogen-bond acceptors (Lipinski definition) is 7. The standard InChI is InChI=1S/C22H22FN3O5S/c1-14-18(22(25-31-14)15-3-6-17(23)7-4-15)12-30-20-8-5-16-11-26(10-9-19(16)24-20)21(27)13-32(2,28)29/h3-8H,9-13H2,1-2H3. The van der Waals surface area contributed by atoms with E-state index >= 15 is 0 Å². The average molecular weight is 459 g/mol. The lowest BCUT2D eigenvalue weighted by Crippen LogP contribution is -2.39. The quantitative estimate of drug-likeness (QED) is 0.558. The summed E-state index contributed by atoms with van der Waals surface area (Å²) in [5.41, 5.74) is 3.72. The maximum atomic E-state index is 13.2. The molecule has 8 nitrogen and oxygen atoms in total. The fraction of sp³-hybridized carbons (Fsp3) is 0.318. The Hall–Kier alpha value is -3.27. The highest BCUT2D eigenvalue weighted by Crippen LogP contribution is 2.27. The number of fused-ring (bicyclic) bond motifs is 1. The number of hydrogen-bond donors (Lipinski definition) is 0. The van der Waals surface area contributed by atoms with Crippen LogP contribution in [0.1, 0.15) is 22.6 Å². The number of ether oxygens (including phenoxy) is 1. The maximum Gasteiger partial charge on any atom is 0.238 e. The van der Waals surface area contributed by atoms with Gasteiger partial charge in [-0.3, -0.25) is 4.79 Å². The van der Waals surface area contributed by atoms with E-state index in [2.05, 4.69) is 10.1 Å². The van der Waals surface area contributed by atoms with Gasteiger partial charge in [0, 0.05) is 37.4 Å². The van der Waals surface area contributed by atoms with Gasteiger partial charge in [0.05, 0.1) is 11.3 Å². The van der Waals surface area contributed by atoms with Crippen molar-refractivity contribution >= 4 is 15.7 Å². The Morgan fingerprint density at radius 3 is 2.69 bits per heavy atom. The van der Waals surface area contributed by atoms with Crippen LogP contribution >= 0.6 is 0 Å². The van der Waals surface area contributed by atoms with Crippen LogP contribution < -0.4 is 4.74 Å². The highest BCUT2D eigenvalue weighted by atomic mass is 32.2. The second kappa shape index (κ2) is 8.70. The lowest BCUT2D eigenvalue weighted by atomic mass is 10.1. The summed E-state index contributed by atoms with van der Waals surface area (Å²) in [7, 11) is -3.37. The number of benzene rings is 1. The molecule has 0 saturated heterocycles. The van der Waals surface area contributed by atoms with E-state index in [0.717, 1.165) is 28.6 Å². The number of aryl methyl sites for hydroxylation is 1. The summed E-state index contributed by atoms with van der Waals surface area (Å²) < 4.78 is 47.2. The Morgan fingerprint density at radius 1 is 1.22 bits per heavy atom. The van der Waals surface area contributed by atoms with Crippen molar-refractivity contribution in [2.75, 3.05) is 18.6 Å². The third-order valence-corrected chi connectivity index (χ3v) is 6.00. The number of aromatic nitrogens is 2. The molecule has 168 valence electrons. The van der Waals surface area contributed by atoms with Gasteiger partial charge >= 0.3 is 0 Å². The van der Waals surface area contributed by atoms with Crippen LogP contribution in [0.3, 0.4) is 0 Å². The normalized spacial score (nSPS) is 13.7. The first-order chi connectivity index (χ1) is 15.2. The fourth-order valence-electron chi connectivity index (χ4n) is 3.55. The summed E-state index contributed by atoms with van der Waals surface area (Å²) in [6, 6.07) is 9.52. The minimum atomic E-state index is -3.37. The Kier molecular flexibility index (Phi) is 5.96. The van der Waals surface area contributed by atoms with E-state index in [1.165, 1.54) is 17.0 Å². The van der Waals surface area contributed by atoms with Crippen molar-refractivity contribution in [2.45, 2.75) is 26.5 Å². The molecule has 2 aromatic heterocycles. The average Bonchev–Trinajstić information content (AvgIpc) is 3.11. The predicted molar refractivity (Wildman–Crippen MR) is 114 cm³/mol. The number of sulfone groups is 1. The summed E-state index contributed by atoms with van der Waals surface area (Å²) >= 11 is 0. The molecule has 3 heterocycles. The summed E-state index contributed by atoms with van der Waals surface area (Å²) in [5, 5.41) is 4.07. The van der Waals surface area contributed by atoms with Crippen molar-refractivity contribution in [3.05, 3.63) is 64.8 Å². The number of halogens is 1. The van der Waals surface area contributed by atoms with Crippen molar-refractivity contribution < 1.29 is 26.9 Å². The number of rotatable bonds is 6. The van der Waals surface area contributed by atoms with Crippen LogP contribution in [0.5, 0.6) is 5.88 Å². The van der Waals surface area contributed by atoms with Gasteiger partial charge in [-0.25, -0.2) is 17.8 Å². The first kappa shape index (κ1) is 21.9. The van der Waals surface area contributed by atoms with Crippen LogP contribution in [-0.2, 0) is 34.2 Å². The molecule has 0 fully saturated rings. The van der Waals surface area contributed by atoms with Crippen LogP contribution in [0.25, 0.3) is 11.3 Å². The number of carbonyl (C=O) groups excluding carboxylic acids is 1. The van der Waals surface area contributed by atoms with Gasteiger partial charge in [-0.1, -0.05) is 11.2 Å².